The number of benzene rings is 1. The fourth-order valence-corrected chi connectivity index (χ4v) is 4.37. The molecular formula is C18H21FN4O3S. The van der Waals surface area contributed by atoms with E-state index in [9.17, 15) is 17.6 Å². The molecule has 1 saturated heterocycles. The maximum Gasteiger partial charge on any atom is 0.244 e. The zero-order valence-corrected chi connectivity index (χ0v) is 15.6. The van der Waals surface area contributed by atoms with Crippen LogP contribution < -0.4 is 10.0 Å². The molecule has 2 N–H and O–H groups in total. The SMILES string of the molecule is CC(NS(=O)(=O)c1ccccc1F)C(=O)N1CCNCC1c1cccnc1. The van der Waals surface area contributed by atoms with Crippen LogP contribution in [0.3, 0.4) is 0 Å². The van der Waals surface area contributed by atoms with E-state index in [0.717, 1.165) is 17.7 Å². The van der Waals surface area contributed by atoms with Gasteiger partial charge in [0.25, 0.3) is 0 Å². The van der Waals surface area contributed by atoms with E-state index >= 15 is 0 Å². The number of rotatable bonds is 5. The molecule has 1 fully saturated rings. The lowest BCUT2D eigenvalue weighted by Gasteiger charge is -2.37. The third kappa shape index (κ3) is 4.32. The summed E-state index contributed by atoms with van der Waals surface area (Å²) in [6.45, 7) is 3.05. The largest absolute Gasteiger partial charge is 0.332 e. The first-order valence-electron chi connectivity index (χ1n) is 8.58. The number of hydrogen-bond acceptors (Lipinski definition) is 5. The fourth-order valence-electron chi connectivity index (χ4n) is 3.10. The van der Waals surface area contributed by atoms with Crippen LogP contribution in [0.5, 0.6) is 0 Å². The monoisotopic (exact) mass is 392 g/mol. The van der Waals surface area contributed by atoms with Gasteiger partial charge in [0.05, 0.1) is 12.1 Å². The van der Waals surface area contributed by atoms with E-state index in [1.165, 1.54) is 19.1 Å². The first kappa shape index (κ1) is 19.4. The highest BCUT2D eigenvalue weighted by Gasteiger charge is 2.33. The van der Waals surface area contributed by atoms with Crippen LogP contribution in [0.15, 0.2) is 53.7 Å². The molecule has 1 aromatic heterocycles. The number of hydrogen-bond donors (Lipinski definition) is 2. The van der Waals surface area contributed by atoms with Crippen molar-refractivity contribution in [2.75, 3.05) is 19.6 Å². The third-order valence-electron chi connectivity index (χ3n) is 4.42. The van der Waals surface area contributed by atoms with Crippen LogP contribution in [0, 0.1) is 5.82 Å². The lowest BCUT2D eigenvalue weighted by molar-refractivity contribution is -0.136. The summed E-state index contributed by atoms with van der Waals surface area (Å²) in [4.78, 5) is 18.2. The van der Waals surface area contributed by atoms with E-state index in [0.29, 0.717) is 19.6 Å². The molecule has 1 aliphatic heterocycles. The third-order valence-corrected chi connectivity index (χ3v) is 6.00. The van der Waals surface area contributed by atoms with E-state index in [1.54, 1.807) is 23.4 Å². The molecule has 0 bridgehead atoms. The normalized spacial score (nSPS) is 18.9. The number of piperazine rings is 1. The van der Waals surface area contributed by atoms with Gasteiger partial charge in [-0.3, -0.25) is 9.78 Å². The van der Waals surface area contributed by atoms with Crippen molar-refractivity contribution in [3.63, 3.8) is 0 Å². The molecule has 0 spiro atoms. The van der Waals surface area contributed by atoms with Crippen molar-refractivity contribution in [3.05, 3.63) is 60.2 Å². The molecule has 3 rings (SSSR count). The second-order valence-electron chi connectivity index (χ2n) is 6.31. The number of sulfonamides is 1. The first-order chi connectivity index (χ1) is 12.9. The molecule has 0 radical (unpaired) electrons. The number of carbonyl (C=O) groups is 1. The van der Waals surface area contributed by atoms with Crippen molar-refractivity contribution in [1.29, 1.82) is 0 Å². The number of carbonyl (C=O) groups excluding carboxylic acids is 1. The Morgan fingerprint density at radius 2 is 2.11 bits per heavy atom. The Hall–Kier alpha value is -2.36. The summed E-state index contributed by atoms with van der Waals surface area (Å²) >= 11 is 0. The summed E-state index contributed by atoms with van der Waals surface area (Å²) in [5, 5.41) is 3.23. The van der Waals surface area contributed by atoms with Crippen LogP contribution in [0.2, 0.25) is 0 Å². The molecule has 1 aromatic carbocycles. The number of nitrogens with zero attached hydrogens (tertiary/aromatic N) is 2. The molecule has 0 aliphatic carbocycles. The van der Waals surface area contributed by atoms with Gasteiger partial charge in [-0.1, -0.05) is 18.2 Å². The number of pyridine rings is 1. The summed E-state index contributed by atoms with van der Waals surface area (Å²) in [5.41, 5.74) is 0.863. The van der Waals surface area contributed by atoms with Gasteiger partial charge in [-0.2, -0.15) is 4.72 Å². The van der Waals surface area contributed by atoms with E-state index < -0.39 is 26.8 Å². The van der Waals surface area contributed by atoms with Crippen molar-refractivity contribution < 1.29 is 17.6 Å². The maximum absolute atomic E-state index is 13.8. The minimum Gasteiger partial charge on any atom is -0.332 e. The zero-order valence-electron chi connectivity index (χ0n) is 14.8. The summed E-state index contributed by atoms with van der Waals surface area (Å²) in [7, 11) is -4.16. The van der Waals surface area contributed by atoms with Crippen molar-refractivity contribution in [3.8, 4) is 0 Å². The Bertz CT molecular complexity index is 908. The van der Waals surface area contributed by atoms with Crippen molar-refractivity contribution >= 4 is 15.9 Å². The highest BCUT2D eigenvalue weighted by atomic mass is 32.2. The van der Waals surface area contributed by atoms with Gasteiger partial charge in [0.2, 0.25) is 15.9 Å². The molecule has 2 atom stereocenters. The number of halogens is 1. The molecule has 1 amide bonds. The summed E-state index contributed by atoms with van der Waals surface area (Å²) < 4.78 is 41.0. The lowest BCUT2D eigenvalue weighted by Crippen LogP contribution is -2.54. The molecule has 2 unspecified atom stereocenters. The molecule has 27 heavy (non-hydrogen) atoms. The summed E-state index contributed by atoms with van der Waals surface area (Å²) in [6, 6.07) is 7.44. The van der Waals surface area contributed by atoms with Crippen molar-refractivity contribution in [2.24, 2.45) is 0 Å². The molecule has 1 aliphatic rings. The van der Waals surface area contributed by atoms with Crippen molar-refractivity contribution in [1.82, 2.24) is 19.9 Å². The van der Waals surface area contributed by atoms with Gasteiger partial charge in [0, 0.05) is 32.0 Å². The van der Waals surface area contributed by atoms with E-state index in [1.807, 2.05) is 6.07 Å². The van der Waals surface area contributed by atoms with Crippen LogP contribution in [-0.2, 0) is 14.8 Å². The van der Waals surface area contributed by atoms with Crippen LogP contribution in [-0.4, -0.2) is 49.9 Å². The Morgan fingerprint density at radius 3 is 2.81 bits per heavy atom. The van der Waals surface area contributed by atoms with Crippen LogP contribution in [0.4, 0.5) is 4.39 Å². The fraction of sp³-hybridized carbons (Fsp3) is 0.333. The summed E-state index contributed by atoms with van der Waals surface area (Å²) in [5.74, 6) is -1.23. The highest BCUT2D eigenvalue weighted by Crippen LogP contribution is 2.22. The Balaban J connectivity index is 1.78. The van der Waals surface area contributed by atoms with Gasteiger partial charge in [-0.15, -0.1) is 0 Å². The van der Waals surface area contributed by atoms with Gasteiger partial charge < -0.3 is 10.2 Å². The Morgan fingerprint density at radius 1 is 1.33 bits per heavy atom. The molecule has 2 heterocycles. The van der Waals surface area contributed by atoms with E-state index in [2.05, 4.69) is 15.0 Å². The molecule has 7 nitrogen and oxygen atoms in total. The van der Waals surface area contributed by atoms with Crippen LogP contribution >= 0.6 is 0 Å². The molecular weight excluding hydrogens is 371 g/mol. The molecule has 144 valence electrons. The van der Waals surface area contributed by atoms with Gasteiger partial charge in [0.15, 0.2) is 0 Å². The molecule has 2 aromatic rings. The average molecular weight is 392 g/mol. The lowest BCUT2D eigenvalue weighted by atomic mass is 10.0. The van der Waals surface area contributed by atoms with E-state index in [-0.39, 0.29) is 11.9 Å². The van der Waals surface area contributed by atoms with Gasteiger partial charge >= 0.3 is 0 Å². The second-order valence-corrected chi connectivity index (χ2v) is 7.99. The average Bonchev–Trinajstić information content (AvgIpc) is 2.68. The second kappa shape index (κ2) is 8.12. The van der Waals surface area contributed by atoms with Gasteiger partial charge in [-0.25, -0.2) is 12.8 Å². The smallest absolute Gasteiger partial charge is 0.244 e. The standard InChI is InChI=1S/C18H21FN4O3S/c1-13(22-27(25,26)17-7-3-2-6-15(17)19)18(24)23-10-9-21-12-16(23)14-5-4-8-20-11-14/h2-8,11,13,16,21-22H,9-10,12H2,1H3. The molecule has 0 saturated carbocycles. The minimum atomic E-state index is -4.16. The van der Waals surface area contributed by atoms with E-state index in [4.69, 9.17) is 0 Å². The quantitative estimate of drug-likeness (QED) is 0.794. The van der Waals surface area contributed by atoms with Crippen molar-refractivity contribution in [2.45, 2.75) is 23.9 Å². The number of nitrogens with one attached hydrogen (secondary N) is 2. The van der Waals surface area contributed by atoms with Gasteiger partial charge in [0.1, 0.15) is 10.7 Å². The van der Waals surface area contributed by atoms with Gasteiger partial charge in [-0.05, 0) is 30.7 Å². The predicted molar refractivity (Wildman–Crippen MR) is 97.7 cm³/mol. The summed E-state index contributed by atoms with van der Waals surface area (Å²) in [6.07, 6.45) is 3.34. The Kier molecular flexibility index (Phi) is 5.83. The predicted octanol–water partition coefficient (Wildman–Crippen LogP) is 1.06. The number of amides is 1. The minimum absolute atomic E-state index is 0.250. The topological polar surface area (TPSA) is 91.4 Å². The van der Waals surface area contributed by atoms with Crippen LogP contribution in [0.25, 0.3) is 0 Å². The maximum atomic E-state index is 13.8. The number of aromatic nitrogens is 1. The van der Waals surface area contributed by atoms with Crippen LogP contribution in [0.1, 0.15) is 18.5 Å². The highest BCUT2D eigenvalue weighted by molar-refractivity contribution is 7.89. The first-order valence-corrected chi connectivity index (χ1v) is 10.1. The molecule has 9 heteroatoms. The Labute approximate surface area is 157 Å². The zero-order chi connectivity index (χ0) is 19.4.